The van der Waals surface area contributed by atoms with E-state index in [1.165, 1.54) is 11.3 Å². The number of nitrogens with two attached hydrogens (primary N) is 4. The fourth-order valence-electron chi connectivity index (χ4n) is 3.88. The van der Waals surface area contributed by atoms with Crippen molar-refractivity contribution in [1.82, 2.24) is 15.6 Å². The Morgan fingerprint density at radius 1 is 1.02 bits per heavy atom. The van der Waals surface area contributed by atoms with Gasteiger partial charge in [0.25, 0.3) is 0 Å². The van der Waals surface area contributed by atoms with Gasteiger partial charge >= 0.3 is 0 Å². The number of guanidine groups is 2. The van der Waals surface area contributed by atoms with Crippen molar-refractivity contribution in [1.29, 1.82) is 0 Å². The van der Waals surface area contributed by atoms with Gasteiger partial charge in [0.1, 0.15) is 16.1 Å². The highest BCUT2D eigenvalue weighted by molar-refractivity contribution is 8.15. The molecular formula is C25H37N11O3S2. The van der Waals surface area contributed by atoms with Crippen molar-refractivity contribution in [3.05, 3.63) is 23.2 Å². The molecule has 16 heteroatoms. The Hall–Kier alpha value is -3.92. The summed E-state index contributed by atoms with van der Waals surface area (Å²) in [5.41, 5.74) is 22.8. The van der Waals surface area contributed by atoms with Crippen LogP contribution >= 0.6 is 23.1 Å². The van der Waals surface area contributed by atoms with Gasteiger partial charge in [-0.2, -0.15) is 0 Å². The molecule has 0 radical (unpaired) electrons. The number of carbonyl (C=O) groups excluding carboxylic acids is 3. The van der Waals surface area contributed by atoms with Crippen molar-refractivity contribution >= 4 is 73.7 Å². The number of aromatic nitrogens is 1. The van der Waals surface area contributed by atoms with E-state index in [0.717, 1.165) is 32.6 Å². The monoisotopic (exact) mass is 603 g/mol. The van der Waals surface area contributed by atoms with E-state index in [1.807, 2.05) is 12.1 Å². The van der Waals surface area contributed by atoms with Gasteiger partial charge in [-0.15, -0.1) is 23.1 Å². The van der Waals surface area contributed by atoms with Crippen LogP contribution in [-0.2, 0) is 14.4 Å². The van der Waals surface area contributed by atoms with Gasteiger partial charge in [0, 0.05) is 37.0 Å². The maximum Gasteiger partial charge on any atom is 0.246 e. The van der Waals surface area contributed by atoms with E-state index in [2.05, 4.69) is 35.9 Å². The average molecular weight is 604 g/mol. The zero-order chi connectivity index (χ0) is 29.8. The van der Waals surface area contributed by atoms with Gasteiger partial charge in [-0.3, -0.25) is 29.4 Å². The molecule has 1 aliphatic rings. The first-order chi connectivity index (χ1) is 19.6. The van der Waals surface area contributed by atoms with Gasteiger partial charge in [0.15, 0.2) is 11.9 Å². The standard InChI is InChI=1S/C25H37N11O3S2/c1-14(4-2-8-31-24(26)27)20(38)33-13-19(37)35-17(5-3-9-32-25(28)29)21(39)34-15-6-7-16-18(12-15)41-23(36-16)22-30-10-11-40-22/h6-7,12,14,17H,2-5,8-11,13H2,1H3,(H,33,38)(H,34,39)(H,35,37)(H4,26,27,31)(H4,28,29,32). The molecule has 2 heterocycles. The highest BCUT2D eigenvalue weighted by Crippen LogP contribution is 2.29. The summed E-state index contributed by atoms with van der Waals surface area (Å²) in [4.78, 5) is 55.2. The Balaban J connectivity index is 1.58. The summed E-state index contributed by atoms with van der Waals surface area (Å²) in [6, 6.07) is 4.58. The molecule has 0 bridgehead atoms. The molecule has 2 aromatic rings. The molecule has 0 saturated carbocycles. The van der Waals surface area contributed by atoms with E-state index in [9.17, 15) is 14.4 Å². The van der Waals surface area contributed by atoms with Gasteiger partial charge in [-0.25, -0.2) is 4.98 Å². The smallest absolute Gasteiger partial charge is 0.246 e. The highest BCUT2D eigenvalue weighted by Gasteiger charge is 2.22. The summed E-state index contributed by atoms with van der Waals surface area (Å²) in [6.45, 7) is 2.99. The van der Waals surface area contributed by atoms with Crippen LogP contribution in [0.15, 0.2) is 33.2 Å². The molecule has 222 valence electrons. The Labute approximate surface area is 246 Å². The number of nitrogens with one attached hydrogen (secondary N) is 3. The lowest BCUT2D eigenvalue weighted by Gasteiger charge is -2.19. The molecule has 11 N–H and O–H groups in total. The summed E-state index contributed by atoms with van der Waals surface area (Å²) in [6.07, 6.45) is 1.91. The van der Waals surface area contributed by atoms with Crippen LogP contribution in [0.4, 0.5) is 5.69 Å². The predicted molar refractivity (Wildman–Crippen MR) is 166 cm³/mol. The van der Waals surface area contributed by atoms with Gasteiger partial charge in [-0.05, 0) is 43.9 Å². The van der Waals surface area contributed by atoms with Crippen molar-refractivity contribution in [2.45, 2.75) is 38.6 Å². The maximum absolute atomic E-state index is 13.2. The molecule has 0 aliphatic carbocycles. The van der Waals surface area contributed by atoms with Crippen molar-refractivity contribution in [2.24, 2.45) is 43.8 Å². The van der Waals surface area contributed by atoms with Crippen molar-refractivity contribution in [3.8, 4) is 0 Å². The number of rotatable bonds is 15. The molecule has 0 saturated heterocycles. The fraction of sp³-hybridized carbons (Fsp3) is 0.480. The first kappa shape index (κ1) is 31.6. The van der Waals surface area contributed by atoms with Crippen LogP contribution in [0.5, 0.6) is 0 Å². The second kappa shape index (κ2) is 15.8. The molecule has 2 atom stereocenters. The molecule has 1 aliphatic heterocycles. The van der Waals surface area contributed by atoms with E-state index in [0.29, 0.717) is 38.0 Å². The van der Waals surface area contributed by atoms with Crippen LogP contribution in [0.3, 0.4) is 0 Å². The van der Waals surface area contributed by atoms with E-state index in [4.69, 9.17) is 22.9 Å². The normalized spacial score (nSPS) is 14.0. The van der Waals surface area contributed by atoms with Gasteiger partial charge < -0.3 is 38.9 Å². The third-order valence-corrected chi connectivity index (χ3v) is 8.12. The summed E-state index contributed by atoms with van der Waals surface area (Å²) in [5, 5.41) is 10.0. The largest absolute Gasteiger partial charge is 0.370 e. The SMILES string of the molecule is CC(CCCN=C(N)N)C(=O)NCC(=O)NC(CCCN=C(N)N)C(=O)Nc1ccc2nc(C3=NCCS3)sc2c1. The van der Waals surface area contributed by atoms with Crippen LogP contribution in [0, 0.1) is 5.92 Å². The topological polar surface area (TPSA) is 241 Å². The third kappa shape index (κ3) is 10.5. The molecule has 1 aromatic carbocycles. The number of nitrogens with zero attached hydrogens (tertiary/aromatic N) is 4. The minimum absolute atomic E-state index is 0.00260. The Morgan fingerprint density at radius 3 is 2.39 bits per heavy atom. The highest BCUT2D eigenvalue weighted by atomic mass is 32.2. The zero-order valence-corrected chi connectivity index (χ0v) is 24.5. The molecule has 41 heavy (non-hydrogen) atoms. The molecule has 3 amide bonds. The van der Waals surface area contributed by atoms with Gasteiger partial charge in [0.2, 0.25) is 17.7 Å². The summed E-state index contributed by atoms with van der Waals surface area (Å²) < 4.78 is 0.913. The molecule has 0 spiro atoms. The van der Waals surface area contributed by atoms with E-state index in [1.54, 1.807) is 24.8 Å². The van der Waals surface area contributed by atoms with Crippen LogP contribution in [0.2, 0.25) is 0 Å². The van der Waals surface area contributed by atoms with Gasteiger partial charge in [0.05, 0.1) is 16.8 Å². The minimum Gasteiger partial charge on any atom is -0.370 e. The Morgan fingerprint density at radius 2 is 1.73 bits per heavy atom. The van der Waals surface area contributed by atoms with E-state index >= 15 is 0 Å². The maximum atomic E-state index is 13.2. The minimum atomic E-state index is -0.873. The van der Waals surface area contributed by atoms with Crippen molar-refractivity contribution in [3.63, 3.8) is 0 Å². The number of fused-ring (bicyclic) bond motifs is 1. The number of thiazole rings is 1. The Bertz CT molecular complexity index is 1320. The summed E-state index contributed by atoms with van der Waals surface area (Å²) >= 11 is 3.20. The first-order valence-electron chi connectivity index (χ1n) is 13.2. The van der Waals surface area contributed by atoms with Gasteiger partial charge in [-0.1, -0.05) is 6.92 Å². The Kier molecular flexibility index (Phi) is 12.1. The second-order valence-corrected chi connectivity index (χ2v) is 11.5. The number of hydrogen-bond acceptors (Lipinski definition) is 9. The number of benzene rings is 1. The molecule has 1 aromatic heterocycles. The van der Waals surface area contributed by atoms with Crippen LogP contribution in [0.1, 0.15) is 37.6 Å². The lowest BCUT2D eigenvalue weighted by atomic mass is 10.0. The number of amides is 3. The van der Waals surface area contributed by atoms with E-state index in [-0.39, 0.29) is 36.7 Å². The van der Waals surface area contributed by atoms with Crippen molar-refractivity contribution in [2.75, 3.05) is 37.2 Å². The molecule has 14 nitrogen and oxygen atoms in total. The number of anilines is 1. The lowest BCUT2D eigenvalue weighted by Crippen LogP contribution is -2.48. The molecule has 3 rings (SSSR count). The zero-order valence-electron chi connectivity index (χ0n) is 22.9. The number of thioether (sulfide) groups is 1. The third-order valence-electron chi connectivity index (χ3n) is 5.98. The molecule has 2 unspecified atom stereocenters. The van der Waals surface area contributed by atoms with Crippen LogP contribution in [0.25, 0.3) is 10.2 Å². The quantitative estimate of drug-likeness (QED) is 0.0826. The average Bonchev–Trinajstić information content (AvgIpc) is 3.61. The van der Waals surface area contributed by atoms with Crippen LogP contribution < -0.4 is 38.9 Å². The van der Waals surface area contributed by atoms with E-state index < -0.39 is 17.9 Å². The summed E-state index contributed by atoms with van der Waals surface area (Å²) in [5.74, 6) is -0.610. The number of carbonyl (C=O) groups is 3. The molecular weight excluding hydrogens is 566 g/mol. The second-order valence-electron chi connectivity index (χ2n) is 9.36. The number of hydrogen-bond donors (Lipinski definition) is 7. The van der Waals surface area contributed by atoms with Crippen molar-refractivity contribution < 1.29 is 14.4 Å². The van der Waals surface area contributed by atoms with Crippen LogP contribution in [-0.4, -0.2) is 77.6 Å². The fourth-order valence-corrected chi connectivity index (χ4v) is 5.82. The lowest BCUT2D eigenvalue weighted by molar-refractivity contribution is -0.129. The summed E-state index contributed by atoms with van der Waals surface area (Å²) in [7, 11) is 0. The molecule has 0 fully saturated rings. The predicted octanol–water partition coefficient (Wildman–Crippen LogP) is 0.0725. The first-order valence-corrected chi connectivity index (χ1v) is 15.0. The number of aliphatic imine (C=N–C) groups is 3.